The van der Waals surface area contributed by atoms with E-state index in [1.807, 2.05) is 19.2 Å². The third-order valence-electron chi connectivity index (χ3n) is 2.56. The van der Waals surface area contributed by atoms with Crippen LogP contribution in [-0.4, -0.2) is 17.0 Å². The minimum absolute atomic E-state index is 0.0476. The largest absolute Gasteiger partial charge is 0.437 e. The van der Waals surface area contributed by atoms with Crippen molar-refractivity contribution >= 4 is 21.6 Å². The molecule has 1 N–H and O–H groups in total. The van der Waals surface area contributed by atoms with Gasteiger partial charge in [0.1, 0.15) is 4.47 Å². The maximum absolute atomic E-state index is 10.9. The lowest BCUT2D eigenvalue weighted by Crippen LogP contribution is -2.07. The molecule has 0 atom stereocenters. The summed E-state index contributed by atoms with van der Waals surface area (Å²) in [7, 11) is 1.82. The molecule has 20 heavy (non-hydrogen) atoms. The number of hydrogen-bond donors (Lipinski definition) is 1. The molecule has 0 unspecified atom stereocenters. The minimum atomic E-state index is -0.468. The van der Waals surface area contributed by atoms with Crippen LogP contribution in [0, 0.1) is 10.1 Å². The highest BCUT2D eigenvalue weighted by molar-refractivity contribution is 9.10. The second-order valence-electron chi connectivity index (χ2n) is 3.95. The number of nitrogens with zero attached hydrogens (tertiary/aromatic N) is 2. The Labute approximate surface area is 124 Å². The Morgan fingerprint density at radius 1 is 1.40 bits per heavy atom. The zero-order chi connectivity index (χ0) is 14.5. The number of pyridine rings is 1. The van der Waals surface area contributed by atoms with Crippen LogP contribution in [0.5, 0.6) is 11.6 Å². The predicted molar refractivity (Wildman–Crippen MR) is 77.9 cm³/mol. The van der Waals surface area contributed by atoms with Crippen LogP contribution < -0.4 is 10.1 Å². The van der Waals surface area contributed by atoms with Crippen molar-refractivity contribution in [3.05, 3.63) is 56.7 Å². The summed E-state index contributed by atoms with van der Waals surface area (Å²) in [5.41, 5.74) is 0.821. The lowest BCUT2D eigenvalue weighted by Gasteiger charge is -2.10. The second-order valence-corrected chi connectivity index (χ2v) is 4.74. The van der Waals surface area contributed by atoms with E-state index in [0.717, 1.165) is 5.56 Å². The van der Waals surface area contributed by atoms with Crippen molar-refractivity contribution in [3.8, 4) is 11.6 Å². The average molecular weight is 338 g/mol. The highest BCUT2D eigenvalue weighted by atomic mass is 79.9. The molecule has 0 radical (unpaired) electrons. The van der Waals surface area contributed by atoms with Crippen molar-refractivity contribution in [3.63, 3.8) is 0 Å². The highest BCUT2D eigenvalue weighted by Gasteiger charge is 2.17. The van der Waals surface area contributed by atoms with Crippen molar-refractivity contribution in [1.82, 2.24) is 10.3 Å². The predicted octanol–water partition coefficient (Wildman–Crippen LogP) is 3.26. The van der Waals surface area contributed by atoms with Crippen molar-refractivity contribution in [2.24, 2.45) is 0 Å². The van der Waals surface area contributed by atoms with Crippen molar-refractivity contribution in [1.29, 1.82) is 0 Å². The molecule has 0 aliphatic heterocycles. The van der Waals surface area contributed by atoms with Gasteiger partial charge >= 0.3 is 0 Å². The molecule has 2 aromatic rings. The Bertz CT molecular complexity index is 634. The molecule has 0 amide bonds. The zero-order valence-corrected chi connectivity index (χ0v) is 12.3. The molecule has 0 aliphatic carbocycles. The number of halogens is 1. The van der Waals surface area contributed by atoms with Crippen LogP contribution in [0.3, 0.4) is 0 Å². The van der Waals surface area contributed by atoms with Crippen LogP contribution in [0.1, 0.15) is 5.56 Å². The first-order chi connectivity index (χ1) is 9.63. The van der Waals surface area contributed by atoms with E-state index in [-0.39, 0.29) is 5.69 Å². The van der Waals surface area contributed by atoms with E-state index in [1.165, 1.54) is 6.07 Å². The van der Waals surface area contributed by atoms with Gasteiger partial charge < -0.3 is 10.1 Å². The number of rotatable bonds is 5. The van der Waals surface area contributed by atoms with Crippen LogP contribution in [-0.2, 0) is 6.54 Å². The number of hydrogen-bond acceptors (Lipinski definition) is 5. The van der Waals surface area contributed by atoms with Gasteiger partial charge in [-0.15, -0.1) is 0 Å². The van der Waals surface area contributed by atoms with E-state index in [9.17, 15) is 10.1 Å². The highest BCUT2D eigenvalue weighted by Crippen LogP contribution is 2.36. The number of ether oxygens (including phenoxy) is 1. The quantitative estimate of drug-likeness (QED) is 0.669. The summed E-state index contributed by atoms with van der Waals surface area (Å²) in [6.45, 7) is 0.593. The minimum Gasteiger partial charge on any atom is -0.437 e. The van der Waals surface area contributed by atoms with Gasteiger partial charge in [0.05, 0.1) is 4.92 Å². The fourth-order valence-electron chi connectivity index (χ4n) is 1.66. The van der Waals surface area contributed by atoms with E-state index in [0.29, 0.717) is 22.6 Å². The maximum Gasteiger partial charge on any atom is 0.287 e. The first-order valence-corrected chi connectivity index (χ1v) is 6.62. The number of aromatic nitrogens is 1. The van der Waals surface area contributed by atoms with E-state index in [2.05, 4.69) is 26.2 Å². The van der Waals surface area contributed by atoms with Crippen LogP contribution in [0.15, 0.2) is 41.0 Å². The van der Waals surface area contributed by atoms with Crippen molar-refractivity contribution in [2.45, 2.75) is 6.54 Å². The maximum atomic E-state index is 10.9. The van der Waals surface area contributed by atoms with Gasteiger partial charge in [-0.05, 0) is 35.1 Å². The third kappa shape index (κ3) is 3.12. The fourth-order valence-corrected chi connectivity index (χ4v) is 2.15. The average Bonchev–Trinajstić information content (AvgIpc) is 2.43. The van der Waals surface area contributed by atoms with Crippen LogP contribution in [0.2, 0.25) is 0 Å². The van der Waals surface area contributed by atoms with Crippen LogP contribution in [0.25, 0.3) is 0 Å². The van der Waals surface area contributed by atoms with Gasteiger partial charge in [-0.25, -0.2) is 4.98 Å². The summed E-state index contributed by atoms with van der Waals surface area (Å²) in [6.07, 6.45) is 1.61. The number of nitro groups is 1. The Morgan fingerprint density at radius 2 is 2.20 bits per heavy atom. The Morgan fingerprint density at radius 3 is 2.90 bits per heavy atom. The molecule has 0 aliphatic rings. The molecule has 0 spiro atoms. The first kappa shape index (κ1) is 14.4. The van der Waals surface area contributed by atoms with E-state index in [4.69, 9.17) is 4.74 Å². The summed E-state index contributed by atoms with van der Waals surface area (Å²) in [5.74, 6) is 0.776. The molecule has 2 rings (SSSR count). The summed E-state index contributed by atoms with van der Waals surface area (Å²) >= 11 is 3.19. The Balaban J connectivity index is 2.35. The summed E-state index contributed by atoms with van der Waals surface area (Å²) in [4.78, 5) is 14.6. The SMILES string of the molecule is CNCc1cccnc1Oc1cccc([N+](=O)[O-])c1Br. The number of nitro benzene ring substituents is 1. The van der Waals surface area contributed by atoms with Gasteiger partial charge in [0.15, 0.2) is 5.75 Å². The molecule has 0 saturated carbocycles. The van der Waals surface area contributed by atoms with Crippen molar-refractivity contribution in [2.75, 3.05) is 7.05 Å². The van der Waals surface area contributed by atoms with E-state index in [1.54, 1.807) is 18.3 Å². The summed E-state index contributed by atoms with van der Waals surface area (Å²) < 4.78 is 5.98. The van der Waals surface area contributed by atoms with Gasteiger partial charge in [-0.1, -0.05) is 12.1 Å². The molecule has 0 fully saturated rings. The van der Waals surface area contributed by atoms with Crippen LogP contribution >= 0.6 is 15.9 Å². The van der Waals surface area contributed by atoms with Gasteiger partial charge in [0.2, 0.25) is 5.88 Å². The zero-order valence-electron chi connectivity index (χ0n) is 10.7. The van der Waals surface area contributed by atoms with Gasteiger partial charge in [-0.3, -0.25) is 10.1 Å². The topological polar surface area (TPSA) is 77.3 Å². The monoisotopic (exact) mass is 337 g/mol. The molecule has 6 nitrogen and oxygen atoms in total. The van der Waals surface area contributed by atoms with E-state index < -0.39 is 4.92 Å². The van der Waals surface area contributed by atoms with E-state index >= 15 is 0 Å². The molecule has 104 valence electrons. The first-order valence-electron chi connectivity index (χ1n) is 5.82. The lowest BCUT2D eigenvalue weighted by molar-refractivity contribution is -0.385. The fraction of sp³-hybridized carbons (Fsp3) is 0.154. The summed E-state index contributed by atoms with van der Waals surface area (Å²) in [5, 5.41) is 13.9. The normalized spacial score (nSPS) is 10.3. The number of benzene rings is 1. The molecule has 7 heteroatoms. The van der Waals surface area contributed by atoms with Gasteiger partial charge in [0, 0.05) is 24.4 Å². The van der Waals surface area contributed by atoms with Gasteiger partial charge in [0.25, 0.3) is 5.69 Å². The van der Waals surface area contributed by atoms with Crippen molar-refractivity contribution < 1.29 is 9.66 Å². The molecule has 0 bridgehead atoms. The standard InChI is InChI=1S/C13H12BrN3O3/c1-15-8-9-4-3-7-16-13(9)20-11-6-2-5-10(12(11)14)17(18)19/h2-7,15H,8H2,1H3. The Hall–Kier alpha value is -1.99. The molecule has 1 aromatic heterocycles. The Kier molecular flexibility index (Phi) is 4.65. The second kappa shape index (κ2) is 6.44. The smallest absolute Gasteiger partial charge is 0.287 e. The third-order valence-corrected chi connectivity index (χ3v) is 3.36. The van der Waals surface area contributed by atoms with Crippen LogP contribution in [0.4, 0.5) is 5.69 Å². The summed E-state index contributed by atoms with van der Waals surface area (Å²) in [6, 6.07) is 8.31. The molecule has 0 saturated heterocycles. The lowest BCUT2D eigenvalue weighted by atomic mass is 10.2. The molecular formula is C13H12BrN3O3. The van der Waals surface area contributed by atoms with Gasteiger partial charge in [-0.2, -0.15) is 0 Å². The molecule has 1 heterocycles. The number of nitrogens with one attached hydrogen (secondary N) is 1. The molecule has 1 aromatic carbocycles. The molecular weight excluding hydrogens is 326 g/mol.